The number of para-hydroxylation sites is 3. The standard InChI is InChI=1S/C104H68N4O4/c1-5-22-67(23-6-1)70-42-44-73(45-43-70)74-54-58-80(59-55-74)107(82-31-19-30-79(62-82)75-48-46-71(47-49-75)68-24-7-2-8-25-68)95-40-20-37-87-91-64-93-100(66-98(91)109-101(87)95)112-104(106-93)89-36-16-15-35-86(89)85-34-14-13-32-83(85)76-56-60-81(61-57-76)108(94-39-18-17-33-84(94)77-52-50-72(51-53-77)69-26-9-3-10-27-69)96-41-21-38-88-90-63-92-99(65-97(90)110-102(88)96)111-103(105-92)78-28-11-4-12-29-78/h1-66,104,106H. The van der Waals surface area contributed by atoms with E-state index in [2.05, 4.69) is 379 Å². The SMILES string of the molecule is c1ccc(-c2ccc(-c3ccc(N(c4cccc(-c5ccc(-c6ccccc6)cc5)c4)c4cccc5c4oc4cc6c(cc45)NC(c4ccccc4-c4ccccc4-c4ccc(N(c5ccccc5-c5ccc(-c7ccccc7)cc5)c5cccc7c5oc5cc8oc(-c9ccccc9)nc8cc57)cc4)O6)cc3)cc2)cc1. The van der Waals surface area contributed by atoms with E-state index in [0.717, 1.165) is 156 Å². The Labute approximate surface area is 647 Å². The Hall–Kier alpha value is -15.0. The largest absolute Gasteiger partial charge is 0.464 e. The van der Waals surface area contributed by atoms with Crippen LogP contribution in [0.3, 0.4) is 0 Å². The first-order valence-electron chi connectivity index (χ1n) is 37.9. The predicted octanol–water partition coefficient (Wildman–Crippen LogP) is 29.1. The van der Waals surface area contributed by atoms with Gasteiger partial charge < -0.3 is 33.1 Å². The maximum absolute atomic E-state index is 7.15. The molecule has 0 saturated heterocycles. The van der Waals surface area contributed by atoms with Crippen molar-refractivity contribution in [1.82, 2.24) is 4.98 Å². The van der Waals surface area contributed by atoms with E-state index < -0.39 is 6.23 Å². The summed E-state index contributed by atoms with van der Waals surface area (Å²) < 4.78 is 27.7. The highest BCUT2D eigenvalue weighted by molar-refractivity contribution is 6.14. The van der Waals surface area contributed by atoms with E-state index in [1.165, 1.54) is 27.8 Å². The zero-order chi connectivity index (χ0) is 74.0. The molecule has 4 heterocycles. The molecule has 20 aromatic rings. The van der Waals surface area contributed by atoms with Crippen LogP contribution in [0.15, 0.2) is 414 Å². The maximum atomic E-state index is 7.15. The molecule has 1 N–H and O–H groups in total. The Bertz CT molecular complexity index is 6900. The van der Waals surface area contributed by atoms with E-state index in [9.17, 15) is 0 Å². The molecular weight excluding hydrogens is 1370 g/mol. The third-order valence-electron chi connectivity index (χ3n) is 21.8. The minimum Gasteiger partial charge on any atom is -0.464 e. The quantitative estimate of drug-likeness (QED) is 0.103. The molecule has 17 aromatic carbocycles. The number of anilines is 7. The molecular formula is C104H68N4O4. The molecule has 1 aliphatic heterocycles. The summed E-state index contributed by atoms with van der Waals surface area (Å²) in [6.07, 6.45) is -0.505. The summed E-state index contributed by atoms with van der Waals surface area (Å²) in [5.41, 5.74) is 30.9. The summed E-state index contributed by atoms with van der Waals surface area (Å²) in [7, 11) is 0. The number of rotatable bonds is 16. The molecule has 0 radical (unpaired) electrons. The van der Waals surface area contributed by atoms with Crippen molar-refractivity contribution in [3.63, 3.8) is 0 Å². The molecule has 528 valence electrons. The molecule has 0 saturated carbocycles. The van der Waals surface area contributed by atoms with Crippen LogP contribution in [0, 0.1) is 0 Å². The molecule has 112 heavy (non-hydrogen) atoms. The Morgan fingerprint density at radius 1 is 0.250 bits per heavy atom. The van der Waals surface area contributed by atoms with Crippen LogP contribution in [0.1, 0.15) is 11.8 Å². The predicted molar refractivity (Wildman–Crippen MR) is 460 cm³/mol. The zero-order valence-corrected chi connectivity index (χ0v) is 60.7. The molecule has 0 bridgehead atoms. The maximum Gasteiger partial charge on any atom is 0.227 e. The van der Waals surface area contributed by atoms with E-state index in [4.69, 9.17) is 23.0 Å². The molecule has 0 spiro atoms. The molecule has 1 atom stereocenters. The van der Waals surface area contributed by atoms with Crippen molar-refractivity contribution in [3.05, 3.63) is 406 Å². The number of nitrogens with one attached hydrogen (secondary N) is 1. The Morgan fingerprint density at radius 2 is 0.661 bits per heavy atom. The number of ether oxygens (including phenoxy) is 1. The number of oxazole rings is 1. The Kier molecular flexibility index (Phi) is 16.1. The molecule has 3 aromatic heterocycles. The van der Waals surface area contributed by atoms with Gasteiger partial charge in [-0.05, 0) is 162 Å². The van der Waals surface area contributed by atoms with Crippen molar-refractivity contribution in [3.8, 4) is 106 Å². The van der Waals surface area contributed by atoms with Gasteiger partial charge in [-0.25, -0.2) is 4.98 Å². The van der Waals surface area contributed by atoms with Gasteiger partial charge in [-0.15, -0.1) is 0 Å². The summed E-state index contributed by atoms with van der Waals surface area (Å²) in [4.78, 5) is 9.62. The topological polar surface area (TPSA) is 80.1 Å². The van der Waals surface area contributed by atoms with Crippen molar-refractivity contribution >= 4 is 94.8 Å². The van der Waals surface area contributed by atoms with Crippen molar-refractivity contribution in [2.75, 3.05) is 15.1 Å². The third-order valence-corrected chi connectivity index (χ3v) is 21.8. The van der Waals surface area contributed by atoms with E-state index in [1.807, 2.05) is 36.4 Å². The molecule has 8 heteroatoms. The van der Waals surface area contributed by atoms with Gasteiger partial charge in [0.05, 0.1) is 22.7 Å². The van der Waals surface area contributed by atoms with Crippen molar-refractivity contribution in [2.45, 2.75) is 6.23 Å². The Balaban J connectivity index is 0.609. The first kappa shape index (κ1) is 65.3. The molecule has 0 amide bonds. The summed E-state index contributed by atoms with van der Waals surface area (Å²) in [6, 6.07) is 142. The van der Waals surface area contributed by atoms with Gasteiger partial charge in [-0.1, -0.05) is 309 Å². The number of aromatic nitrogens is 1. The highest BCUT2D eigenvalue weighted by Crippen LogP contribution is 2.51. The average Bonchev–Trinajstić information content (AvgIpc) is 1.55. The van der Waals surface area contributed by atoms with Crippen LogP contribution >= 0.6 is 0 Å². The van der Waals surface area contributed by atoms with Gasteiger partial charge in [0.2, 0.25) is 5.89 Å². The van der Waals surface area contributed by atoms with Crippen molar-refractivity contribution < 1.29 is 18.0 Å². The molecule has 0 aliphatic carbocycles. The molecule has 1 unspecified atom stereocenters. The zero-order valence-electron chi connectivity index (χ0n) is 60.7. The number of hydrogen-bond acceptors (Lipinski definition) is 8. The highest BCUT2D eigenvalue weighted by atomic mass is 16.5. The van der Waals surface area contributed by atoms with Gasteiger partial charge >= 0.3 is 0 Å². The van der Waals surface area contributed by atoms with Gasteiger partial charge in [-0.3, -0.25) is 0 Å². The van der Waals surface area contributed by atoms with Crippen molar-refractivity contribution in [2.24, 2.45) is 0 Å². The normalized spacial score (nSPS) is 12.5. The van der Waals surface area contributed by atoms with Crippen molar-refractivity contribution in [1.29, 1.82) is 0 Å². The number of fused-ring (bicyclic) bond motifs is 8. The fourth-order valence-corrected chi connectivity index (χ4v) is 16.3. The molecule has 0 fully saturated rings. The summed E-state index contributed by atoms with van der Waals surface area (Å²) in [5, 5.41) is 7.74. The van der Waals surface area contributed by atoms with Gasteiger partial charge in [0.1, 0.15) is 22.4 Å². The second-order valence-electron chi connectivity index (χ2n) is 28.5. The number of furan rings is 2. The van der Waals surface area contributed by atoms with Gasteiger partial charge in [-0.2, -0.15) is 0 Å². The van der Waals surface area contributed by atoms with E-state index in [0.29, 0.717) is 22.8 Å². The lowest BCUT2D eigenvalue weighted by Gasteiger charge is -2.28. The van der Waals surface area contributed by atoms with Gasteiger partial charge in [0, 0.05) is 67.4 Å². The number of nitrogens with zero attached hydrogens (tertiary/aromatic N) is 3. The van der Waals surface area contributed by atoms with Gasteiger partial charge in [0.15, 0.2) is 23.0 Å². The van der Waals surface area contributed by atoms with E-state index >= 15 is 0 Å². The number of benzene rings is 17. The lowest BCUT2D eigenvalue weighted by Crippen LogP contribution is -2.12. The monoisotopic (exact) mass is 1440 g/mol. The number of hydrogen-bond donors (Lipinski definition) is 1. The van der Waals surface area contributed by atoms with Crippen LogP contribution in [0.4, 0.5) is 39.8 Å². The van der Waals surface area contributed by atoms with Crippen LogP contribution in [0.2, 0.25) is 0 Å². The van der Waals surface area contributed by atoms with Gasteiger partial charge in [0.25, 0.3) is 0 Å². The summed E-state index contributed by atoms with van der Waals surface area (Å²) in [5.74, 6) is 1.28. The van der Waals surface area contributed by atoms with Crippen LogP contribution in [0.25, 0.3) is 155 Å². The lowest BCUT2D eigenvalue weighted by atomic mass is 9.91. The van der Waals surface area contributed by atoms with Crippen LogP contribution in [-0.4, -0.2) is 4.98 Å². The van der Waals surface area contributed by atoms with Crippen LogP contribution in [0.5, 0.6) is 5.75 Å². The molecule has 21 rings (SSSR count). The summed E-state index contributed by atoms with van der Waals surface area (Å²) in [6.45, 7) is 0. The third kappa shape index (κ3) is 11.9. The first-order chi connectivity index (χ1) is 55.5. The second-order valence-corrected chi connectivity index (χ2v) is 28.5. The Morgan fingerprint density at radius 3 is 1.25 bits per heavy atom. The van der Waals surface area contributed by atoms with E-state index in [1.54, 1.807) is 0 Å². The lowest BCUT2D eigenvalue weighted by molar-refractivity contribution is 0.260. The minimum atomic E-state index is -0.505. The average molecular weight is 1440 g/mol. The minimum absolute atomic E-state index is 0.505. The summed E-state index contributed by atoms with van der Waals surface area (Å²) >= 11 is 0. The fraction of sp³-hybridized carbons (Fsp3) is 0.00962. The van der Waals surface area contributed by atoms with Crippen LogP contribution in [-0.2, 0) is 0 Å². The smallest absolute Gasteiger partial charge is 0.227 e. The van der Waals surface area contributed by atoms with Crippen LogP contribution < -0.4 is 19.9 Å². The van der Waals surface area contributed by atoms with E-state index in [-0.39, 0.29) is 0 Å². The fourth-order valence-electron chi connectivity index (χ4n) is 16.3. The second kappa shape index (κ2) is 27.7. The molecule has 8 nitrogen and oxygen atoms in total. The first-order valence-corrected chi connectivity index (χ1v) is 37.9. The molecule has 1 aliphatic rings. The highest BCUT2D eigenvalue weighted by Gasteiger charge is 2.31.